The molecule has 60 valence electrons. The summed E-state index contributed by atoms with van der Waals surface area (Å²) in [6.07, 6.45) is -6.66. The van der Waals surface area contributed by atoms with Gasteiger partial charge in [0.05, 0.1) is 6.10 Å². The van der Waals surface area contributed by atoms with E-state index in [1.54, 1.807) is 0 Å². The fraction of sp³-hybridized carbons (Fsp3) is 1.00. The quantitative estimate of drug-likeness (QED) is 0.476. The number of halogens is 2. The molecule has 4 atom stereocenters. The average molecular weight is 237 g/mol. The zero-order chi connectivity index (χ0) is 7.72. The van der Waals surface area contributed by atoms with Crippen LogP contribution in [0.25, 0.3) is 0 Å². The van der Waals surface area contributed by atoms with Gasteiger partial charge in [0.15, 0.2) is 6.17 Å². The zero-order valence-electron chi connectivity index (χ0n) is 6.34. The van der Waals surface area contributed by atoms with Crippen LogP contribution in [0.3, 0.4) is 0 Å². The Morgan fingerprint density at radius 1 is 1.18 bits per heavy atom. The molecule has 0 aromatic rings. The first-order valence-electron chi connectivity index (χ1n) is 3.25. The Hall–Kier alpha value is 1.59. The first kappa shape index (κ1) is 12.6. The van der Waals surface area contributed by atoms with Crippen LogP contribution in [0.1, 0.15) is 12.8 Å². The second-order valence-corrected chi connectivity index (χ2v) is 2.57. The van der Waals surface area contributed by atoms with Crippen LogP contribution >= 0.6 is 0 Å². The van der Waals surface area contributed by atoms with Crippen molar-refractivity contribution in [3.8, 4) is 0 Å². The molecule has 1 rings (SSSR count). The minimum absolute atomic E-state index is 0. The van der Waals surface area contributed by atoms with Crippen LogP contribution in [0.5, 0.6) is 0 Å². The van der Waals surface area contributed by atoms with Crippen LogP contribution in [0.15, 0.2) is 0 Å². The van der Waals surface area contributed by atoms with Gasteiger partial charge in [0.2, 0.25) is 0 Å². The van der Waals surface area contributed by atoms with Gasteiger partial charge in [-0.2, -0.15) is 0 Å². The van der Waals surface area contributed by atoms with Crippen LogP contribution in [-0.2, 0) is 0 Å². The Morgan fingerprint density at radius 3 is 2.18 bits per heavy atom. The van der Waals surface area contributed by atoms with Crippen molar-refractivity contribution in [1.29, 1.82) is 0 Å². The van der Waals surface area contributed by atoms with Gasteiger partial charge in [0.25, 0.3) is 0 Å². The van der Waals surface area contributed by atoms with E-state index in [2.05, 4.69) is 0 Å². The van der Waals surface area contributed by atoms with Crippen LogP contribution in [0.2, 0.25) is 0 Å². The maximum Gasteiger partial charge on any atom is 1.00 e. The number of alkyl halides is 2. The summed E-state index contributed by atoms with van der Waals surface area (Å²) in [7, 11) is 0. The number of aliphatic hydroxyl groups is 1. The van der Waals surface area contributed by atoms with E-state index in [1.165, 1.54) is 0 Å². The van der Waals surface area contributed by atoms with Gasteiger partial charge in [-0.05, 0) is 6.42 Å². The molecule has 1 aliphatic rings. The van der Waals surface area contributed by atoms with Crippen molar-refractivity contribution in [1.82, 2.24) is 0 Å². The first-order chi connectivity index (χ1) is 4.63. The Balaban J connectivity index is 0.000001000. The number of rotatable bonds is 0. The molecular weight excluding hydrogens is 228 g/mol. The molecule has 1 fully saturated rings. The molecule has 0 bridgehead atoms. The van der Waals surface area contributed by atoms with Crippen LogP contribution in [-0.4, -0.2) is 29.7 Å². The smallest absolute Gasteiger partial charge is 0.850 e. The SMILES string of the molecule is [O-]C1CCC(O)C(F)C1F.[Rb+]. The van der Waals surface area contributed by atoms with Gasteiger partial charge in [-0.15, -0.1) is 0 Å². The van der Waals surface area contributed by atoms with Gasteiger partial charge >= 0.3 is 58.2 Å². The van der Waals surface area contributed by atoms with Gasteiger partial charge in [0.1, 0.15) is 6.17 Å². The van der Waals surface area contributed by atoms with E-state index in [0.717, 1.165) is 0 Å². The van der Waals surface area contributed by atoms with E-state index in [0.29, 0.717) is 0 Å². The molecule has 0 spiro atoms. The summed E-state index contributed by atoms with van der Waals surface area (Å²) < 4.78 is 24.8. The van der Waals surface area contributed by atoms with Crippen molar-refractivity contribution in [3.05, 3.63) is 0 Å². The van der Waals surface area contributed by atoms with Gasteiger partial charge in [0, 0.05) is 0 Å². The van der Waals surface area contributed by atoms with E-state index >= 15 is 0 Å². The fourth-order valence-corrected chi connectivity index (χ4v) is 1.07. The Kier molecular flexibility index (Phi) is 6.11. The van der Waals surface area contributed by atoms with Crippen molar-refractivity contribution < 1.29 is 77.2 Å². The molecule has 0 saturated heterocycles. The first-order valence-corrected chi connectivity index (χ1v) is 3.25. The summed E-state index contributed by atoms with van der Waals surface area (Å²) in [6, 6.07) is 0. The molecule has 1 aliphatic carbocycles. The van der Waals surface area contributed by atoms with Crippen molar-refractivity contribution in [2.75, 3.05) is 0 Å². The summed E-state index contributed by atoms with van der Waals surface area (Å²) in [4.78, 5) is 0. The van der Waals surface area contributed by atoms with E-state index in [9.17, 15) is 13.9 Å². The third-order valence-electron chi connectivity index (χ3n) is 1.77. The maximum absolute atomic E-state index is 12.4. The van der Waals surface area contributed by atoms with E-state index in [-0.39, 0.29) is 71.0 Å². The maximum atomic E-state index is 12.4. The summed E-state index contributed by atoms with van der Waals surface area (Å²) in [6.45, 7) is 0. The van der Waals surface area contributed by atoms with Crippen LogP contribution in [0.4, 0.5) is 8.78 Å². The number of hydrogen-bond donors (Lipinski definition) is 1. The molecule has 1 N–H and O–H groups in total. The third kappa shape index (κ3) is 3.08. The van der Waals surface area contributed by atoms with Gasteiger partial charge in [-0.1, -0.05) is 12.5 Å². The molecule has 5 heteroatoms. The molecule has 0 heterocycles. The van der Waals surface area contributed by atoms with Crippen molar-refractivity contribution in [2.24, 2.45) is 0 Å². The van der Waals surface area contributed by atoms with E-state index in [1.807, 2.05) is 0 Å². The molecule has 0 radical (unpaired) electrons. The molecule has 11 heavy (non-hydrogen) atoms. The van der Waals surface area contributed by atoms with E-state index < -0.39 is 24.6 Å². The second-order valence-electron chi connectivity index (χ2n) is 2.57. The molecule has 1 saturated carbocycles. The minimum atomic E-state index is -2.02. The molecule has 2 nitrogen and oxygen atoms in total. The van der Waals surface area contributed by atoms with Crippen LogP contribution in [0, 0.1) is 0 Å². The second kappa shape index (κ2) is 5.34. The standard InChI is InChI=1S/C6H9F2O2.Rb/c7-5-3(9)1-2-4(10)6(5)8;/h3-6,9H,1-2H2;/q-1;+1. The normalized spacial score (nSPS) is 44.7. The predicted octanol–water partition coefficient (Wildman–Crippen LogP) is -3.45. The van der Waals surface area contributed by atoms with Crippen molar-refractivity contribution in [2.45, 2.75) is 37.4 Å². The number of hydrogen-bond acceptors (Lipinski definition) is 2. The average Bonchev–Trinajstić information content (AvgIpc) is 1.93. The summed E-state index contributed by atoms with van der Waals surface area (Å²) >= 11 is 0. The van der Waals surface area contributed by atoms with E-state index in [4.69, 9.17) is 5.11 Å². The zero-order valence-corrected chi connectivity index (χ0v) is 11.3. The number of aliphatic hydroxyl groups excluding tert-OH is 1. The summed E-state index contributed by atoms with van der Waals surface area (Å²) in [5.74, 6) is 0. The summed E-state index contributed by atoms with van der Waals surface area (Å²) in [5, 5.41) is 19.2. The molecule has 0 aromatic heterocycles. The van der Waals surface area contributed by atoms with Crippen molar-refractivity contribution >= 4 is 0 Å². The van der Waals surface area contributed by atoms with Gasteiger partial charge in [-0.25, -0.2) is 8.78 Å². The Morgan fingerprint density at radius 2 is 1.73 bits per heavy atom. The summed E-state index contributed by atoms with van der Waals surface area (Å²) in [5.41, 5.74) is 0. The largest absolute Gasteiger partial charge is 1.00 e. The van der Waals surface area contributed by atoms with Gasteiger partial charge in [-0.3, -0.25) is 0 Å². The molecule has 0 amide bonds. The fourth-order valence-electron chi connectivity index (χ4n) is 1.07. The predicted molar refractivity (Wildman–Crippen MR) is 28.8 cm³/mol. The Bertz CT molecular complexity index is 111. The van der Waals surface area contributed by atoms with Gasteiger partial charge < -0.3 is 10.2 Å². The molecule has 0 aliphatic heterocycles. The van der Waals surface area contributed by atoms with Crippen LogP contribution < -0.4 is 63.3 Å². The van der Waals surface area contributed by atoms with Crippen molar-refractivity contribution in [3.63, 3.8) is 0 Å². The Labute approximate surface area is 113 Å². The molecule has 0 aromatic carbocycles. The minimum Gasteiger partial charge on any atom is -0.850 e. The molecular formula is C6H9F2O2Rb. The topological polar surface area (TPSA) is 43.3 Å². The third-order valence-corrected chi connectivity index (χ3v) is 1.77. The monoisotopic (exact) mass is 236 g/mol. The molecule has 4 unspecified atom stereocenters.